The van der Waals surface area contributed by atoms with Crippen LogP contribution in [-0.2, 0) is 4.79 Å². The largest absolute Gasteiger partial charge is 0.457 e. The number of ether oxygens (including phenoxy) is 1. The normalized spacial score (nSPS) is 19.0. The van der Waals surface area contributed by atoms with Gasteiger partial charge in [-0.2, -0.15) is 10.4 Å². The summed E-state index contributed by atoms with van der Waals surface area (Å²) >= 11 is 0. The predicted molar refractivity (Wildman–Crippen MR) is 201 cm³/mol. The summed E-state index contributed by atoms with van der Waals surface area (Å²) in [6.45, 7) is 18.1. The number of nitriles is 1. The number of piperazine rings is 1. The summed E-state index contributed by atoms with van der Waals surface area (Å²) in [5, 5.41) is 15.7. The standard InChI is InChI=1S/C40H52FN9O2/c1-38(2,3)48-20-22-49(23-21-48)39(4,5)17-11-18-40(6,26-42)37(51)47-19-10-12-28(25-47)50-36-33(35(43)44-27-45-36)34(46-50)31-16-15-30(24-32(31)41)52-29-13-8-7-9-14-29/h7-9,13-16,24,27-28H,10-12,17-23,25H2,1-6H3,(H2,43,44,45)/t28-,40?/m1/s1. The molecule has 2 saturated heterocycles. The van der Waals surface area contributed by atoms with E-state index in [1.165, 1.54) is 12.4 Å². The van der Waals surface area contributed by atoms with Crippen molar-refractivity contribution in [2.75, 3.05) is 45.0 Å². The van der Waals surface area contributed by atoms with Crippen molar-refractivity contribution < 1.29 is 13.9 Å². The van der Waals surface area contributed by atoms with Crippen molar-refractivity contribution in [3.8, 4) is 28.8 Å². The van der Waals surface area contributed by atoms with E-state index in [1.54, 1.807) is 40.8 Å². The molecule has 0 radical (unpaired) electrons. The number of nitrogens with two attached hydrogens (primary N) is 1. The molecule has 2 aliphatic rings. The number of nitrogens with zero attached hydrogens (tertiary/aromatic N) is 8. The van der Waals surface area contributed by atoms with Crippen LogP contribution in [0.4, 0.5) is 10.2 Å². The molecule has 2 fully saturated rings. The van der Waals surface area contributed by atoms with Crippen LogP contribution in [0.2, 0.25) is 0 Å². The lowest BCUT2D eigenvalue weighted by Crippen LogP contribution is -2.58. The van der Waals surface area contributed by atoms with Gasteiger partial charge in [-0.3, -0.25) is 14.6 Å². The van der Waals surface area contributed by atoms with Gasteiger partial charge in [0.25, 0.3) is 0 Å². The molecule has 0 spiro atoms. The van der Waals surface area contributed by atoms with E-state index in [4.69, 9.17) is 15.6 Å². The van der Waals surface area contributed by atoms with Crippen molar-refractivity contribution in [2.45, 2.75) is 90.8 Å². The Labute approximate surface area is 306 Å². The number of hydrogen-bond donors (Lipinski definition) is 1. The summed E-state index contributed by atoms with van der Waals surface area (Å²) < 4.78 is 23.3. The topological polar surface area (TPSA) is 129 Å². The van der Waals surface area contributed by atoms with E-state index < -0.39 is 11.2 Å². The second-order valence-electron chi connectivity index (χ2n) is 16.1. The Balaban J connectivity index is 1.16. The lowest BCUT2D eigenvalue weighted by atomic mass is 9.82. The Kier molecular flexibility index (Phi) is 10.6. The number of halogens is 1. The molecule has 0 saturated carbocycles. The van der Waals surface area contributed by atoms with Crippen LogP contribution in [-0.4, -0.2) is 90.7 Å². The van der Waals surface area contributed by atoms with Crippen molar-refractivity contribution in [1.29, 1.82) is 5.26 Å². The maximum atomic E-state index is 15.7. The number of carbonyl (C=O) groups is 1. The predicted octanol–water partition coefficient (Wildman–Crippen LogP) is 7.07. The summed E-state index contributed by atoms with van der Waals surface area (Å²) in [4.78, 5) is 29.7. The average Bonchev–Trinajstić information content (AvgIpc) is 3.52. The van der Waals surface area contributed by atoms with Crippen LogP contribution in [0.3, 0.4) is 0 Å². The Hall–Kier alpha value is -4.60. The van der Waals surface area contributed by atoms with Gasteiger partial charge in [-0.15, -0.1) is 0 Å². The van der Waals surface area contributed by atoms with Gasteiger partial charge in [0.1, 0.15) is 40.6 Å². The molecule has 4 heterocycles. The molecular weight excluding hydrogens is 657 g/mol. The summed E-state index contributed by atoms with van der Waals surface area (Å²) in [5.41, 5.74) is 6.38. The zero-order chi connectivity index (χ0) is 37.3. The van der Waals surface area contributed by atoms with Crippen LogP contribution in [0.15, 0.2) is 54.9 Å². The van der Waals surface area contributed by atoms with Crippen molar-refractivity contribution >= 4 is 22.8 Å². The molecule has 1 unspecified atom stereocenters. The number of aromatic nitrogens is 4. The van der Waals surface area contributed by atoms with E-state index in [-0.39, 0.29) is 34.4 Å². The molecule has 1 amide bonds. The Morgan fingerprint density at radius 3 is 2.35 bits per heavy atom. The van der Waals surface area contributed by atoms with Gasteiger partial charge in [0, 0.05) is 62.0 Å². The van der Waals surface area contributed by atoms with Crippen molar-refractivity contribution in [3.63, 3.8) is 0 Å². The maximum absolute atomic E-state index is 15.7. The fourth-order valence-corrected chi connectivity index (χ4v) is 7.73. The average molecular weight is 710 g/mol. The quantitative estimate of drug-likeness (QED) is 0.184. The fraction of sp³-hybridized carbons (Fsp3) is 0.525. The third-order valence-corrected chi connectivity index (χ3v) is 11.0. The van der Waals surface area contributed by atoms with Crippen LogP contribution in [0, 0.1) is 22.6 Å². The van der Waals surface area contributed by atoms with Gasteiger partial charge >= 0.3 is 0 Å². The number of piperidine rings is 1. The lowest BCUT2D eigenvalue weighted by Gasteiger charge is -2.48. The second-order valence-corrected chi connectivity index (χ2v) is 16.1. The number of benzene rings is 2. The first-order chi connectivity index (χ1) is 24.7. The molecule has 12 heteroatoms. The summed E-state index contributed by atoms with van der Waals surface area (Å²) in [6, 6.07) is 15.9. The zero-order valence-electron chi connectivity index (χ0n) is 31.4. The molecule has 4 aromatic rings. The van der Waals surface area contributed by atoms with Crippen LogP contribution in [0.25, 0.3) is 22.3 Å². The summed E-state index contributed by atoms with van der Waals surface area (Å²) in [7, 11) is 0. The van der Waals surface area contributed by atoms with Crippen molar-refractivity contribution in [3.05, 3.63) is 60.7 Å². The highest BCUT2D eigenvalue weighted by atomic mass is 19.1. The highest BCUT2D eigenvalue weighted by Gasteiger charge is 2.40. The Morgan fingerprint density at radius 2 is 1.67 bits per heavy atom. The second kappa shape index (κ2) is 14.8. The van der Waals surface area contributed by atoms with Gasteiger partial charge in [0.05, 0.1) is 17.5 Å². The highest BCUT2D eigenvalue weighted by molar-refractivity contribution is 5.98. The van der Waals surface area contributed by atoms with Crippen LogP contribution in [0.1, 0.15) is 79.7 Å². The first kappa shape index (κ1) is 37.2. The highest BCUT2D eigenvalue weighted by Crippen LogP contribution is 2.38. The zero-order valence-corrected chi connectivity index (χ0v) is 31.4. The van der Waals surface area contributed by atoms with Crippen LogP contribution >= 0.6 is 0 Å². The molecule has 2 aromatic heterocycles. The number of anilines is 1. The third kappa shape index (κ3) is 7.76. The van der Waals surface area contributed by atoms with Gasteiger partial charge in [0.2, 0.25) is 5.91 Å². The monoisotopic (exact) mass is 709 g/mol. The van der Waals surface area contributed by atoms with Crippen molar-refractivity contribution in [2.24, 2.45) is 5.41 Å². The number of para-hydroxylation sites is 1. The van der Waals surface area contributed by atoms with Gasteiger partial charge in [0.15, 0.2) is 5.65 Å². The number of rotatable bonds is 10. The molecule has 0 bridgehead atoms. The molecule has 2 aliphatic heterocycles. The molecule has 276 valence electrons. The molecule has 2 atom stereocenters. The fourth-order valence-electron chi connectivity index (χ4n) is 7.73. The van der Waals surface area contributed by atoms with E-state index in [2.05, 4.69) is 60.5 Å². The Morgan fingerprint density at radius 1 is 0.962 bits per heavy atom. The van der Waals surface area contributed by atoms with Crippen LogP contribution < -0.4 is 10.5 Å². The number of amides is 1. The first-order valence-electron chi connectivity index (χ1n) is 18.4. The van der Waals surface area contributed by atoms with E-state index >= 15 is 4.39 Å². The molecule has 6 rings (SSSR count). The molecule has 52 heavy (non-hydrogen) atoms. The SMILES string of the molecule is CC(C#N)(CCCC(C)(C)N1CCN(C(C)(C)C)CC1)C(=O)N1CCC[C@@H](n2nc(-c3ccc(Oc4ccccc4)cc3F)c3c(N)ncnc32)C1. The minimum atomic E-state index is -1.15. The smallest absolute Gasteiger partial charge is 0.242 e. The van der Waals surface area contributed by atoms with E-state index in [9.17, 15) is 10.1 Å². The Bertz CT molecular complexity index is 1920. The van der Waals surface area contributed by atoms with E-state index in [0.29, 0.717) is 47.7 Å². The maximum Gasteiger partial charge on any atom is 0.242 e. The molecule has 2 N–H and O–H groups in total. The number of fused-ring (bicyclic) bond motifs is 1. The van der Waals surface area contributed by atoms with Gasteiger partial charge < -0.3 is 15.4 Å². The van der Waals surface area contributed by atoms with E-state index in [0.717, 1.165) is 51.9 Å². The van der Waals surface area contributed by atoms with Gasteiger partial charge in [-0.25, -0.2) is 19.0 Å². The van der Waals surface area contributed by atoms with Gasteiger partial charge in [-0.05, 0) is 97.9 Å². The summed E-state index contributed by atoms with van der Waals surface area (Å²) in [6.07, 6.45) is 4.98. The number of likely N-dealkylation sites (tertiary alicyclic amines) is 1. The van der Waals surface area contributed by atoms with Crippen molar-refractivity contribution in [1.82, 2.24) is 34.4 Å². The summed E-state index contributed by atoms with van der Waals surface area (Å²) in [5.74, 6) is 0.450. The minimum Gasteiger partial charge on any atom is -0.457 e. The van der Waals surface area contributed by atoms with Crippen LogP contribution in [0.5, 0.6) is 11.5 Å². The molecule has 2 aromatic carbocycles. The first-order valence-corrected chi connectivity index (χ1v) is 18.4. The minimum absolute atomic E-state index is 0.0309. The molecule has 11 nitrogen and oxygen atoms in total. The molecule has 0 aliphatic carbocycles. The number of carbonyl (C=O) groups excluding carboxylic acids is 1. The third-order valence-electron chi connectivity index (χ3n) is 11.0. The van der Waals surface area contributed by atoms with Gasteiger partial charge in [-0.1, -0.05) is 18.2 Å². The molecular formula is C40H52FN9O2. The van der Waals surface area contributed by atoms with E-state index in [1.807, 2.05) is 18.2 Å². The number of hydrogen-bond acceptors (Lipinski definition) is 9. The number of nitrogen functional groups attached to an aromatic ring is 1. The lowest BCUT2D eigenvalue weighted by molar-refractivity contribution is -0.140.